The largest absolute Gasteiger partial charge is 0.368 e. The molecule has 1 atom stereocenters. The van der Waals surface area contributed by atoms with E-state index in [0.29, 0.717) is 11.1 Å². The van der Waals surface area contributed by atoms with Crippen molar-refractivity contribution in [1.29, 1.82) is 0 Å². The van der Waals surface area contributed by atoms with Gasteiger partial charge in [0.2, 0.25) is 0 Å². The standard InChI is InChI=1S/C15H18ClN3/c1-10(13-7-5-4-6-8-13)9-17-15-12(3)11(2)14(16)18-19-15/h4-8,10H,9H2,1-3H3,(H,17,19). The van der Waals surface area contributed by atoms with Crippen molar-refractivity contribution in [2.24, 2.45) is 0 Å². The molecule has 0 radical (unpaired) electrons. The van der Waals surface area contributed by atoms with Crippen molar-refractivity contribution in [3.63, 3.8) is 0 Å². The Morgan fingerprint density at radius 1 is 1.11 bits per heavy atom. The van der Waals surface area contributed by atoms with Crippen LogP contribution in [0, 0.1) is 13.8 Å². The van der Waals surface area contributed by atoms with Gasteiger partial charge in [0, 0.05) is 6.54 Å². The predicted molar refractivity (Wildman–Crippen MR) is 79.9 cm³/mol. The summed E-state index contributed by atoms with van der Waals surface area (Å²) in [6.45, 7) is 6.97. The van der Waals surface area contributed by atoms with Crippen LogP contribution in [0.1, 0.15) is 29.5 Å². The lowest BCUT2D eigenvalue weighted by Gasteiger charge is -2.15. The van der Waals surface area contributed by atoms with Crippen LogP contribution in [-0.4, -0.2) is 16.7 Å². The van der Waals surface area contributed by atoms with Crippen molar-refractivity contribution < 1.29 is 0 Å². The summed E-state index contributed by atoms with van der Waals surface area (Å²) < 4.78 is 0. The van der Waals surface area contributed by atoms with Gasteiger partial charge < -0.3 is 5.32 Å². The Kier molecular flexibility index (Phi) is 4.38. The van der Waals surface area contributed by atoms with Gasteiger partial charge in [0.25, 0.3) is 0 Å². The fourth-order valence-corrected chi connectivity index (χ4v) is 2.07. The first-order valence-corrected chi connectivity index (χ1v) is 6.75. The third-order valence-electron chi connectivity index (χ3n) is 3.41. The highest BCUT2D eigenvalue weighted by Crippen LogP contribution is 2.22. The van der Waals surface area contributed by atoms with Gasteiger partial charge >= 0.3 is 0 Å². The van der Waals surface area contributed by atoms with Gasteiger partial charge in [-0.25, -0.2) is 0 Å². The quantitative estimate of drug-likeness (QED) is 0.918. The van der Waals surface area contributed by atoms with E-state index in [1.165, 1.54) is 5.56 Å². The number of halogens is 1. The van der Waals surface area contributed by atoms with Crippen LogP contribution in [0.5, 0.6) is 0 Å². The number of rotatable bonds is 4. The van der Waals surface area contributed by atoms with Gasteiger partial charge in [0.1, 0.15) is 0 Å². The average molecular weight is 276 g/mol. The van der Waals surface area contributed by atoms with Crippen molar-refractivity contribution in [3.8, 4) is 0 Å². The third kappa shape index (κ3) is 3.24. The minimum absolute atomic E-state index is 0.415. The van der Waals surface area contributed by atoms with Crippen molar-refractivity contribution in [1.82, 2.24) is 10.2 Å². The molecule has 0 bridgehead atoms. The molecule has 0 saturated heterocycles. The molecule has 3 nitrogen and oxygen atoms in total. The first-order valence-electron chi connectivity index (χ1n) is 6.37. The minimum Gasteiger partial charge on any atom is -0.368 e. The summed E-state index contributed by atoms with van der Waals surface area (Å²) in [6, 6.07) is 10.4. The number of nitrogens with zero attached hydrogens (tertiary/aromatic N) is 2. The Balaban J connectivity index is 2.05. The fraction of sp³-hybridized carbons (Fsp3) is 0.333. The highest BCUT2D eigenvalue weighted by molar-refractivity contribution is 6.30. The molecule has 0 aliphatic carbocycles. The number of anilines is 1. The Labute approximate surface area is 119 Å². The van der Waals surface area contributed by atoms with Crippen LogP contribution in [0.3, 0.4) is 0 Å². The van der Waals surface area contributed by atoms with Gasteiger partial charge in [0.15, 0.2) is 11.0 Å². The molecule has 2 rings (SSSR count). The molecular formula is C15H18ClN3. The van der Waals surface area contributed by atoms with Crippen LogP contribution in [0.25, 0.3) is 0 Å². The molecular weight excluding hydrogens is 258 g/mol. The van der Waals surface area contributed by atoms with Crippen LogP contribution in [0.2, 0.25) is 5.15 Å². The van der Waals surface area contributed by atoms with E-state index in [0.717, 1.165) is 23.5 Å². The smallest absolute Gasteiger partial charge is 0.155 e. The maximum atomic E-state index is 5.94. The number of hydrogen-bond donors (Lipinski definition) is 1. The lowest BCUT2D eigenvalue weighted by Crippen LogP contribution is -2.13. The van der Waals surface area contributed by atoms with Crippen LogP contribution in [0.15, 0.2) is 30.3 Å². The lowest BCUT2D eigenvalue weighted by atomic mass is 10.0. The molecule has 100 valence electrons. The summed E-state index contributed by atoms with van der Waals surface area (Å²) in [5.74, 6) is 1.23. The molecule has 0 spiro atoms. The van der Waals surface area contributed by atoms with Crippen LogP contribution < -0.4 is 5.32 Å². The molecule has 0 amide bonds. The lowest BCUT2D eigenvalue weighted by molar-refractivity contribution is 0.795. The molecule has 0 saturated carbocycles. The van der Waals surface area contributed by atoms with E-state index in [2.05, 4.69) is 46.7 Å². The normalized spacial score (nSPS) is 12.2. The molecule has 0 aliphatic heterocycles. The Bertz CT molecular complexity index is 555. The van der Waals surface area contributed by atoms with Crippen molar-refractivity contribution in [3.05, 3.63) is 52.2 Å². The van der Waals surface area contributed by atoms with Crippen molar-refractivity contribution in [2.45, 2.75) is 26.7 Å². The van der Waals surface area contributed by atoms with Crippen LogP contribution in [-0.2, 0) is 0 Å². The monoisotopic (exact) mass is 275 g/mol. The van der Waals surface area contributed by atoms with Crippen molar-refractivity contribution >= 4 is 17.4 Å². The van der Waals surface area contributed by atoms with E-state index in [9.17, 15) is 0 Å². The molecule has 1 heterocycles. The molecule has 4 heteroatoms. The van der Waals surface area contributed by atoms with E-state index in [4.69, 9.17) is 11.6 Å². The topological polar surface area (TPSA) is 37.8 Å². The molecule has 1 unspecified atom stereocenters. The highest BCUT2D eigenvalue weighted by atomic mass is 35.5. The molecule has 1 aromatic carbocycles. The second-order valence-electron chi connectivity index (χ2n) is 4.78. The Morgan fingerprint density at radius 3 is 2.47 bits per heavy atom. The summed E-state index contributed by atoms with van der Waals surface area (Å²) in [5.41, 5.74) is 3.35. The highest BCUT2D eigenvalue weighted by Gasteiger charge is 2.10. The first-order chi connectivity index (χ1) is 9.09. The summed E-state index contributed by atoms with van der Waals surface area (Å²) in [5, 5.41) is 11.9. The second kappa shape index (κ2) is 6.02. The summed E-state index contributed by atoms with van der Waals surface area (Å²) in [6.07, 6.45) is 0. The maximum Gasteiger partial charge on any atom is 0.155 e. The summed E-state index contributed by atoms with van der Waals surface area (Å²) >= 11 is 5.94. The van der Waals surface area contributed by atoms with Crippen LogP contribution >= 0.6 is 11.6 Å². The van der Waals surface area contributed by atoms with E-state index in [-0.39, 0.29) is 0 Å². The molecule has 0 aliphatic rings. The van der Waals surface area contributed by atoms with Gasteiger partial charge in [-0.15, -0.1) is 10.2 Å². The zero-order valence-electron chi connectivity index (χ0n) is 11.4. The zero-order valence-corrected chi connectivity index (χ0v) is 12.2. The summed E-state index contributed by atoms with van der Waals surface area (Å²) in [7, 11) is 0. The minimum atomic E-state index is 0.415. The van der Waals surface area contributed by atoms with E-state index >= 15 is 0 Å². The Hall–Kier alpha value is -1.61. The number of hydrogen-bond acceptors (Lipinski definition) is 3. The molecule has 19 heavy (non-hydrogen) atoms. The second-order valence-corrected chi connectivity index (χ2v) is 5.14. The predicted octanol–water partition coefficient (Wildman–Crippen LogP) is 3.96. The third-order valence-corrected chi connectivity index (χ3v) is 3.77. The maximum absolute atomic E-state index is 5.94. The van der Waals surface area contributed by atoms with Crippen LogP contribution in [0.4, 0.5) is 5.82 Å². The van der Waals surface area contributed by atoms with E-state index in [1.54, 1.807) is 0 Å². The number of nitrogens with one attached hydrogen (secondary N) is 1. The fourth-order valence-electron chi connectivity index (χ4n) is 1.89. The molecule has 2 aromatic rings. The van der Waals surface area contributed by atoms with Gasteiger partial charge in [-0.05, 0) is 36.5 Å². The van der Waals surface area contributed by atoms with Gasteiger partial charge in [-0.2, -0.15) is 0 Å². The van der Waals surface area contributed by atoms with Gasteiger partial charge in [0.05, 0.1) is 0 Å². The molecule has 1 aromatic heterocycles. The van der Waals surface area contributed by atoms with E-state index in [1.807, 2.05) is 19.9 Å². The average Bonchev–Trinajstić information content (AvgIpc) is 2.45. The van der Waals surface area contributed by atoms with Gasteiger partial charge in [-0.1, -0.05) is 48.9 Å². The Morgan fingerprint density at radius 2 is 1.79 bits per heavy atom. The van der Waals surface area contributed by atoms with Crippen molar-refractivity contribution in [2.75, 3.05) is 11.9 Å². The number of aromatic nitrogens is 2. The molecule has 0 fully saturated rings. The summed E-state index contributed by atoms with van der Waals surface area (Å²) in [4.78, 5) is 0. The first kappa shape index (κ1) is 13.8. The molecule has 1 N–H and O–H groups in total. The number of benzene rings is 1. The SMILES string of the molecule is Cc1c(Cl)nnc(NCC(C)c2ccccc2)c1C. The zero-order chi connectivity index (χ0) is 13.8. The van der Waals surface area contributed by atoms with Gasteiger partial charge in [-0.3, -0.25) is 0 Å². The van der Waals surface area contributed by atoms with E-state index < -0.39 is 0 Å².